The summed E-state index contributed by atoms with van der Waals surface area (Å²) < 4.78 is 2.49. The standard InChI is InChI=1S/C4H5Cl2O2/c1-4(5,6)3(7)8-2/h1H2,2H3. The van der Waals surface area contributed by atoms with Gasteiger partial charge in [0.15, 0.2) is 0 Å². The lowest BCUT2D eigenvalue weighted by molar-refractivity contribution is -0.140. The van der Waals surface area contributed by atoms with Crippen molar-refractivity contribution in [3.63, 3.8) is 0 Å². The third-order valence-corrected chi connectivity index (χ3v) is 0.793. The van der Waals surface area contributed by atoms with Crippen LogP contribution in [-0.2, 0) is 9.53 Å². The predicted octanol–water partition coefficient (Wildman–Crippen LogP) is 1.17. The van der Waals surface area contributed by atoms with Crippen LogP contribution in [0.3, 0.4) is 0 Å². The number of methoxy groups -OCH3 is 1. The summed E-state index contributed by atoms with van der Waals surface area (Å²) in [6, 6.07) is 0. The van der Waals surface area contributed by atoms with Crippen molar-refractivity contribution >= 4 is 29.2 Å². The summed E-state index contributed by atoms with van der Waals surface area (Å²) in [6.07, 6.45) is 0. The molecule has 0 aliphatic rings. The van der Waals surface area contributed by atoms with Crippen LogP contribution in [0.1, 0.15) is 0 Å². The van der Waals surface area contributed by atoms with E-state index in [0.29, 0.717) is 0 Å². The second-order valence-corrected chi connectivity index (χ2v) is 2.68. The summed E-state index contributed by atoms with van der Waals surface area (Å²) in [5.41, 5.74) is 0. The molecule has 0 unspecified atom stereocenters. The van der Waals surface area contributed by atoms with Crippen LogP contribution in [0.15, 0.2) is 0 Å². The van der Waals surface area contributed by atoms with E-state index in [1.165, 1.54) is 7.11 Å². The van der Waals surface area contributed by atoms with E-state index in [2.05, 4.69) is 11.7 Å². The van der Waals surface area contributed by atoms with E-state index in [1.54, 1.807) is 0 Å². The van der Waals surface area contributed by atoms with Gasteiger partial charge in [0.1, 0.15) is 0 Å². The Kier molecular flexibility index (Phi) is 2.57. The quantitative estimate of drug-likeness (QED) is 0.420. The fraction of sp³-hybridized carbons (Fsp3) is 0.500. The highest BCUT2D eigenvalue weighted by Gasteiger charge is 2.28. The van der Waals surface area contributed by atoms with Gasteiger partial charge >= 0.3 is 5.97 Å². The van der Waals surface area contributed by atoms with Crippen molar-refractivity contribution in [2.45, 2.75) is 4.33 Å². The summed E-state index contributed by atoms with van der Waals surface area (Å²) in [7, 11) is 1.19. The Morgan fingerprint density at radius 3 is 2.12 bits per heavy atom. The van der Waals surface area contributed by atoms with Crippen LogP contribution in [0.2, 0.25) is 0 Å². The molecule has 4 heteroatoms. The molecule has 0 aromatic rings. The van der Waals surface area contributed by atoms with E-state index >= 15 is 0 Å². The van der Waals surface area contributed by atoms with E-state index in [1.807, 2.05) is 0 Å². The van der Waals surface area contributed by atoms with E-state index in [4.69, 9.17) is 23.2 Å². The Balaban J connectivity index is 3.82. The molecule has 0 saturated heterocycles. The third kappa shape index (κ3) is 2.38. The van der Waals surface area contributed by atoms with Gasteiger partial charge in [0, 0.05) is 0 Å². The second-order valence-electron chi connectivity index (χ2n) is 1.20. The molecule has 2 nitrogen and oxygen atoms in total. The highest BCUT2D eigenvalue weighted by atomic mass is 35.5. The first-order valence-corrected chi connectivity index (χ1v) is 2.55. The van der Waals surface area contributed by atoms with Gasteiger partial charge in [-0.25, -0.2) is 4.79 Å². The second kappa shape index (κ2) is 2.55. The van der Waals surface area contributed by atoms with Gasteiger partial charge in [0.05, 0.1) is 7.11 Å². The lowest BCUT2D eigenvalue weighted by Gasteiger charge is -2.07. The minimum atomic E-state index is -1.66. The first-order valence-electron chi connectivity index (χ1n) is 1.80. The van der Waals surface area contributed by atoms with Gasteiger partial charge in [-0.05, 0) is 6.92 Å². The van der Waals surface area contributed by atoms with Crippen molar-refractivity contribution in [3.8, 4) is 0 Å². The number of carbonyl (C=O) groups excluding carboxylic acids is 1. The van der Waals surface area contributed by atoms with Crippen molar-refractivity contribution in [3.05, 3.63) is 6.92 Å². The SMILES string of the molecule is [CH2]C(Cl)(Cl)C(=O)OC. The van der Waals surface area contributed by atoms with Crippen LogP contribution in [0, 0.1) is 6.92 Å². The lowest BCUT2D eigenvalue weighted by atomic mass is 10.5. The van der Waals surface area contributed by atoms with Crippen LogP contribution < -0.4 is 0 Å². The predicted molar refractivity (Wildman–Crippen MR) is 31.8 cm³/mol. The number of halogens is 2. The number of esters is 1. The molecular formula is C4H5Cl2O2. The maximum atomic E-state index is 10.3. The van der Waals surface area contributed by atoms with Crippen molar-refractivity contribution in [2.75, 3.05) is 7.11 Å². The molecule has 1 radical (unpaired) electrons. The third-order valence-electron chi connectivity index (χ3n) is 0.484. The van der Waals surface area contributed by atoms with Gasteiger partial charge in [-0.2, -0.15) is 0 Å². The molecule has 0 spiro atoms. The molecule has 0 aliphatic carbocycles. The average molecular weight is 156 g/mol. The van der Waals surface area contributed by atoms with Crippen molar-refractivity contribution < 1.29 is 9.53 Å². The fourth-order valence-electron chi connectivity index (χ4n) is 0.149. The minimum Gasteiger partial charge on any atom is -0.467 e. The molecule has 47 valence electrons. The number of hydrogen-bond acceptors (Lipinski definition) is 2. The lowest BCUT2D eigenvalue weighted by Crippen LogP contribution is -2.23. The monoisotopic (exact) mass is 155 g/mol. The molecule has 0 bridgehead atoms. The van der Waals surface area contributed by atoms with E-state index in [-0.39, 0.29) is 0 Å². The maximum absolute atomic E-state index is 10.3. The first kappa shape index (κ1) is 8.05. The zero-order chi connectivity index (χ0) is 6.78. The van der Waals surface area contributed by atoms with Crippen molar-refractivity contribution in [1.29, 1.82) is 0 Å². The van der Waals surface area contributed by atoms with Crippen molar-refractivity contribution in [2.24, 2.45) is 0 Å². The van der Waals surface area contributed by atoms with Crippen LogP contribution in [0.4, 0.5) is 0 Å². The van der Waals surface area contributed by atoms with E-state index in [9.17, 15) is 4.79 Å². The van der Waals surface area contributed by atoms with Gasteiger partial charge in [0.2, 0.25) is 4.33 Å². The van der Waals surface area contributed by atoms with Crippen LogP contribution >= 0.6 is 23.2 Å². The molecule has 0 atom stereocenters. The number of ether oxygens (including phenoxy) is 1. The molecule has 0 fully saturated rings. The Morgan fingerprint density at radius 2 is 2.12 bits per heavy atom. The highest BCUT2D eigenvalue weighted by molar-refractivity contribution is 6.58. The fourth-order valence-corrected chi connectivity index (χ4v) is 0.304. The van der Waals surface area contributed by atoms with Gasteiger partial charge in [-0.1, -0.05) is 23.2 Å². The van der Waals surface area contributed by atoms with Gasteiger partial charge in [-0.15, -0.1) is 0 Å². The van der Waals surface area contributed by atoms with Gasteiger partial charge in [0.25, 0.3) is 0 Å². The molecule has 8 heavy (non-hydrogen) atoms. The highest BCUT2D eigenvalue weighted by Crippen LogP contribution is 2.19. The zero-order valence-electron chi connectivity index (χ0n) is 4.28. The number of hydrogen-bond donors (Lipinski definition) is 0. The Bertz CT molecular complexity index is 94.7. The first-order chi connectivity index (χ1) is 3.48. The smallest absolute Gasteiger partial charge is 0.342 e. The normalized spacial score (nSPS) is 11.0. The molecule has 0 aliphatic heterocycles. The molecular weight excluding hydrogens is 151 g/mol. The molecule has 0 rings (SSSR count). The minimum absolute atomic E-state index is 0.749. The van der Waals surface area contributed by atoms with Gasteiger partial charge < -0.3 is 4.74 Å². The van der Waals surface area contributed by atoms with Crippen LogP contribution in [-0.4, -0.2) is 17.4 Å². The Labute approximate surface area is 57.7 Å². The molecule has 0 aromatic carbocycles. The zero-order valence-corrected chi connectivity index (χ0v) is 5.79. The topological polar surface area (TPSA) is 26.3 Å². The largest absolute Gasteiger partial charge is 0.467 e. The summed E-state index contributed by atoms with van der Waals surface area (Å²) in [4.78, 5) is 10.3. The number of rotatable bonds is 1. The Hall–Kier alpha value is 0.0500. The molecule has 0 N–H and O–H groups in total. The Morgan fingerprint density at radius 1 is 1.75 bits per heavy atom. The average Bonchev–Trinajstić information content (AvgIpc) is 1.62. The molecule has 0 saturated carbocycles. The van der Waals surface area contributed by atoms with Crippen molar-refractivity contribution in [1.82, 2.24) is 0 Å². The van der Waals surface area contributed by atoms with E-state index in [0.717, 1.165) is 0 Å². The van der Waals surface area contributed by atoms with E-state index < -0.39 is 10.3 Å². The maximum Gasteiger partial charge on any atom is 0.342 e. The summed E-state index contributed by atoms with van der Waals surface area (Å²) in [5, 5.41) is 0. The molecule has 0 amide bonds. The van der Waals surface area contributed by atoms with Crippen LogP contribution in [0.25, 0.3) is 0 Å². The van der Waals surface area contributed by atoms with Crippen LogP contribution in [0.5, 0.6) is 0 Å². The number of carbonyl (C=O) groups is 1. The summed E-state index contributed by atoms with van der Waals surface area (Å²) in [5.74, 6) is -0.749. The summed E-state index contributed by atoms with van der Waals surface area (Å²) >= 11 is 10.3. The summed E-state index contributed by atoms with van der Waals surface area (Å²) in [6.45, 7) is 3.10. The van der Waals surface area contributed by atoms with Gasteiger partial charge in [-0.3, -0.25) is 0 Å². The number of alkyl halides is 2. The molecule has 0 heterocycles. The molecule has 0 aromatic heterocycles.